The Kier molecular flexibility index (Phi) is 7.52. The lowest BCUT2D eigenvalue weighted by molar-refractivity contribution is -0.137. The van der Waals surface area contributed by atoms with Gasteiger partial charge in [-0.25, -0.2) is 4.98 Å². The molecule has 160 valence electrons. The van der Waals surface area contributed by atoms with Crippen LogP contribution in [0.2, 0.25) is 25.7 Å². The van der Waals surface area contributed by atoms with E-state index in [9.17, 15) is 18.0 Å². The van der Waals surface area contributed by atoms with Crippen molar-refractivity contribution in [2.45, 2.75) is 45.1 Å². The van der Waals surface area contributed by atoms with Crippen molar-refractivity contribution in [2.75, 3.05) is 11.9 Å². The number of anilines is 1. The van der Waals surface area contributed by atoms with Gasteiger partial charge in [-0.05, 0) is 40.2 Å². The Labute approximate surface area is 176 Å². The number of alkyl halides is 3. The molecule has 0 aliphatic heterocycles. The van der Waals surface area contributed by atoms with Crippen LogP contribution < -0.4 is 11.1 Å². The van der Waals surface area contributed by atoms with Gasteiger partial charge in [0.25, 0.3) is 5.91 Å². The third-order valence-corrected chi connectivity index (χ3v) is 6.41. The van der Waals surface area contributed by atoms with Gasteiger partial charge in [0.2, 0.25) is 0 Å². The topological polar surface area (TPSA) is 82.2 Å². The number of imidazole rings is 1. The lowest BCUT2D eigenvalue weighted by Crippen LogP contribution is -2.22. The normalized spacial score (nSPS) is 12.2. The van der Waals surface area contributed by atoms with Gasteiger partial charge in [0.1, 0.15) is 6.73 Å². The Balaban J connectivity index is 2.05. The fourth-order valence-electron chi connectivity index (χ4n) is 2.43. The van der Waals surface area contributed by atoms with Gasteiger partial charge in [0, 0.05) is 26.6 Å². The Bertz CT molecular complexity index is 866. The number of carbonyl (C=O) groups is 1. The molecule has 0 saturated heterocycles. The van der Waals surface area contributed by atoms with Gasteiger partial charge in [-0.2, -0.15) is 13.2 Å². The molecule has 0 saturated carbocycles. The average Bonchev–Trinajstić information content (AvgIpc) is 2.94. The number of halogens is 4. The molecule has 0 spiro atoms. The summed E-state index contributed by atoms with van der Waals surface area (Å²) in [4.78, 5) is 15.8. The quantitative estimate of drug-likeness (QED) is 0.393. The number of nitrogens with two attached hydrogens (primary N) is 1. The van der Waals surface area contributed by atoms with Crippen LogP contribution >= 0.6 is 15.9 Å². The van der Waals surface area contributed by atoms with Gasteiger partial charge in [-0.3, -0.25) is 4.79 Å². The van der Waals surface area contributed by atoms with Crippen molar-refractivity contribution in [1.29, 1.82) is 0 Å². The van der Waals surface area contributed by atoms with Crippen LogP contribution in [0.25, 0.3) is 0 Å². The van der Waals surface area contributed by atoms with E-state index in [1.54, 1.807) is 10.8 Å². The molecule has 0 aliphatic carbocycles. The smallest absolute Gasteiger partial charge is 0.379 e. The van der Waals surface area contributed by atoms with E-state index in [0.717, 1.165) is 24.2 Å². The molecule has 1 aromatic heterocycles. The van der Waals surface area contributed by atoms with Crippen LogP contribution in [0.15, 0.2) is 29.1 Å². The monoisotopic (exact) mass is 492 g/mol. The Morgan fingerprint density at radius 2 is 2.03 bits per heavy atom. The summed E-state index contributed by atoms with van der Waals surface area (Å²) in [5.74, 6) is -0.816. The lowest BCUT2D eigenvalue weighted by Gasteiger charge is -2.15. The number of benzene rings is 1. The number of hydrogen-bond acceptors (Lipinski definition) is 4. The number of aromatic nitrogens is 2. The summed E-state index contributed by atoms with van der Waals surface area (Å²) in [6.45, 7) is 7.88. The molecule has 11 heteroatoms. The van der Waals surface area contributed by atoms with Gasteiger partial charge in [0.05, 0.1) is 23.4 Å². The molecule has 0 atom stereocenters. The highest BCUT2D eigenvalue weighted by Crippen LogP contribution is 2.32. The van der Waals surface area contributed by atoms with E-state index in [4.69, 9.17) is 10.5 Å². The highest BCUT2D eigenvalue weighted by atomic mass is 79.9. The first-order valence-electron chi connectivity index (χ1n) is 8.91. The first-order valence-corrected chi connectivity index (χ1v) is 13.4. The molecule has 2 rings (SSSR count). The van der Waals surface area contributed by atoms with E-state index in [1.165, 1.54) is 0 Å². The molecule has 3 N–H and O–H groups in total. The molecule has 0 radical (unpaired) electrons. The Morgan fingerprint density at radius 1 is 1.34 bits per heavy atom. The summed E-state index contributed by atoms with van der Waals surface area (Å²) >= 11 is 3.34. The van der Waals surface area contributed by atoms with Gasteiger partial charge in [-0.1, -0.05) is 19.6 Å². The van der Waals surface area contributed by atoms with Crippen molar-refractivity contribution < 1.29 is 22.7 Å². The number of hydrogen-bond donors (Lipinski definition) is 2. The minimum Gasteiger partial charge on any atom is -0.379 e. The second kappa shape index (κ2) is 9.31. The zero-order chi connectivity index (χ0) is 21.8. The highest BCUT2D eigenvalue weighted by Gasteiger charge is 2.31. The largest absolute Gasteiger partial charge is 0.416 e. The van der Waals surface area contributed by atoms with Crippen LogP contribution in [-0.2, 0) is 24.2 Å². The number of amides is 1. The standard InChI is InChI=1S/C18H24BrF3N4O2Si/c1-29(2,3)7-6-28-11-26-10-13(25-17(26)19)9-24-15-8-12(18(20,21)22)4-5-14(15)16(23)27/h4-5,8,10,24H,6-7,9,11H2,1-3H3,(H2,23,27). The molecule has 29 heavy (non-hydrogen) atoms. The average molecular weight is 493 g/mol. The van der Waals surface area contributed by atoms with Gasteiger partial charge in [0.15, 0.2) is 4.73 Å². The number of ether oxygens (including phenoxy) is 1. The van der Waals surface area contributed by atoms with Crippen molar-refractivity contribution in [3.63, 3.8) is 0 Å². The van der Waals surface area contributed by atoms with Crippen molar-refractivity contribution in [1.82, 2.24) is 9.55 Å². The summed E-state index contributed by atoms with van der Waals surface area (Å²) in [6.07, 6.45) is -2.80. The third-order valence-electron chi connectivity index (χ3n) is 4.08. The van der Waals surface area contributed by atoms with E-state index >= 15 is 0 Å². The first-order chi connectivity index (χ1) is 13.4. The molecule has 2 aromatic rings. The van der Waals surface area contributed by atoms with Crippen LogP contribution in [-0.4, -0.2) is 30.1 Å². The van der Waals surface area contributed by atoms with Crippen molar-refractivity contribution >= 4 is 35.6 Å². The fraction of sp³-hybridized carbons (Fsp3) is 0.444. The zero-order valence-corrected chi connectivity index (χ0v) is 19.0. The van der Waals surface area contributed by atoms with Gasteiger partial charge in [-0.15, -0.1) is 0 Å². The summed E-state index contributed by atoms with van der Waals surface area (Å²) < 4.78 is 46.9. The van der Waals surface area contributed by atoms with E-state index in [1.807, 2.05) is 0 Å². The van der Waals surface area contributed by atoms with Crippen molar-refractivity contribution in [3.05, 3.63) is 46.0 Å². The van der Waals surface area contributed by atoms with Gasteiger partial charge >= 0.3 is 6.18 Å². The van der Waals surface area contributed by atoms with Crippen molar-refractivity contribution in [2.24, 2.45) is 5.73 Å². The molecular formula is C18H24BrF3N4O2Si. The maximum Gasteiger partial charge on any atom is 0.416 e. The number of rotatable bonds is 9. The predicted octanol–water partition coefficient (Wildman–Crippen LogP) is 4.69. The SMILES string of the molecule is C[Si](C)(C)CCOCn1cc(CNc2cc(C(F)(F)F)ccc2C(N)=O)nc1Br. The molecule has 6 nitrogen and oxygen atoms in total. The minimum absolute atomic E-state index is 0.00406. The van der Waals surface area contributed by atoms with Crippen molar-refractivity contribution in [3.8, 4) is 0 Å². The van der Waals surface area contributed by atoms with Crippen LogP contribution in [0.5, 0.6) is 0 Å². The number of carbonyl (C=O) groups excluding carboxylic acids is 1. The van der Waals surface area contributed by atoms with E-state index in [2.05, 4.69) is 45.9 Å². The number of nitrogens with one attached hydrogen (secondary N) is 1. The lowest BCUT2D eigenvalue weighted by atomic mass is 10.1. The minimum atomic E-state index is -4.52. The van der Waals surface area contributed by atoms with E-state index in [-0.39, 0.29) is 17.8 Å². The zero-order valence-electron chi connectivity index (χ0n) is 16.4. The second-order valence-electron chi connectivity index (χ2n) is 7.79. The van der Waals surface area contributed by atoms with Crippen LogP contribution in [0, 0.1) is 0 Å². The molecule has 0 fully saturated rings. The number of primary amides is 1. The van der Waals surface area contributed by atoms with E-state index in [0.29, 0.717) is 23.8 Å². The molecule has 1 aromatic carbocycles. The molecule has 1 amide bonds. The summed E-state index contributed by atoms with van der Waals surface area (Å²) in [7, 11) is -1.18. The third kappa shape index (κ3) is 7.16. The van der Waals surface area contributed by atoms with Crippen LogP contribution in [0.3, 0.4) is 0 Å². The molecule has 1 heterocycles. The van der Waals surface area contributed by atoms with Gasteiger partial charge < -0.3 is 20.4 Å². The maximum atomic E-state index is 13.0. The predicted molar refractivity (Wildman–Crippen MR) is 111 cm³/mol. The molecule has 0 unspecified atom stereocenters. The summed E-state index contributed by atoms with van der Waals surface area (Å²) in [6, 6.07) is 3.80. The number of nitrogens with zero attached hydrogens (tertiary/aromatic N) is 2. The Hall–Kier alpha value is -1.85. The summed E-state index contributed by atoms with van der Waals surface area (Å²) in [5.41, 5.74) is 4.95. The highest BCUT2D eigenvalue weighted by molar-refractivity contribution is 9.10. The molecule has 0 aliphatic rings. The Morgan fingerprint density at radius 3 is 2.62 bits per heavy atom. The first kappa shape index (κ1) is 23.4. The molecular weight excluding hydrogens is 469 g/mol. The van der Waals surface area contributed by atoms with E-state index < -0.39 is 25.7 Å². The molecule has 0 bridgehead atoms. The fourth-order valence-corrected chi connectivity index (χ4v) is 3.62. The second-order valence-corrected chi connectivity index (χ2v) is 14.1. The van der Waals surface area contributed by atoms with Crippen LogP contribution in [0.4, 0.5) is 18.9 Å². The summed E-state index contributed by atoms with van der Waals surface area (Å²) in [5, 5.41) is 2.82. The van der Waals surface area contributed by atoms with Crippen LogP contribution in [0.1, 0.15) is 21.6 Å². The maximum absolute atomic E-state index is 13.0.